The van der Waals surface area contributed by atoms with E-state index in [0.29, 0.717) is 15.9 Å². The predicted octanol–water partition coefficient (Wildman–Crippen LogP) is 5.03. The van der Waals surface area contributed by atoms with Gasteiger partial charge < -0.3 is 0 Å². The second-order valence-corrected chi connectivity index (χ2v) is 5.75. The molecule has 3 aromatic rings. The molecule has 0 saturated carbocycles. The maximum absolute atomic E-state index is 11.8. The van der Waals surface area contributed by atoms with E-state index in [4.69, 9.17) is 11.6 Å². The monoisotopic (exact) mass is 340 g/mol. The third kappa shape index (κ3) is 3.07. The molecule has 3 rings (SSSR count). The Bertz CT molecular complexity index is 972. The number of nitrogens with zero attached hydrogens (tertiary/aromatic N) is 2. The van der Waals surface area contributed by atoms with Crippen LogP contribution in [0.15, 0.2) is 48.7 Å². The second-order valence-electron chi connectivity index (χ2n) is 5.32. The summed E-state index contributed by atoms with van der Waals surface area (Å²) in [5, 5.41) is 12.3. The molecular formula is C18H13ClN2O3. The molecule has 0 atom stereocenters. The number of non-ortho nitro benzene ring substituents is 1. The predicted molar refractivity (Wildman–Crippen MR) is 95.3 cm³/mol. The topological polar surface area (TPSA) is 65.1 Å². The van der Waals surface area contributed by atoms with E-state index in [1.54, 1.807) is 24.4 Å². The van der Waals surface area contributed by atoms with Gasteiger partial charge in [-0.05, 0) is 23.8 Å². The summed E-state index contributed by atoms with van der Waals surface area (Å²) in [7, 11) is 0. The fourth-order valence-corrected chi connectivity index (χ4v) is 2.64. The number of aromatic nitrogens is 1. The van der Waals surface area contributed by atoms with E-state index in [1.807, 2.05) is 24.3 Å². The van der Waals surface area contributed by atoms with Crippen LogP contribution in [0.3, 0.4) is 0 Å². The lowest BCUT2D eigenvalue weighted by Gasteiger charge is -1.98. The second kappa shape index (κ2) is 6.29. The lowest BCUT2D eigenvalue weighted by molar-refractivity contribution is -0.384. The van der Waals surface area contributed by atoms with Gasteiger partial charge in [-0.3, -0.25) is 19.5 Å². The molecule has 0 N–H and O–H groups in total. The van der Waals surface area contributed by atoms with Gasteiger partial charge in [-0.15, -0.1) is 0 Å². The highest BCUT2D eigenvalue weighted by Gasteiger charge is 2.14. The summed E-state index contributed by atoms with van der Waals surface area (Å²) < 4.78 is 1.49. The Labute approximate surface area is 142 Å². The highest BCUT2D eigenvalue weighted by Crippen LogP contribution is 2.27. The van der Waals surface area contributed by atoms with E-state index >= 15 is 0 Å². The lowest BCUT2D eigenvalue weighted by Crippen LogP contribution is -2.02. The van der Waals surface area contributed by atoms with Crippen LogP contribution >= 0.6 is 11.6 Å². The van der Waals surface area contributed by atoms with Gasteiger partial charge in [-0.1, -0.05) is 35.9 Å². The van der Waals surface area contributed by atoms with Crippen LogP contribution < -0.4 is 0 Å². The van der Waals surface area contributed by atoms with Gasteiger partial charge in [0.15, 0.2) is 0 Å². The molecular weight excluding hydrogens is 328 g/mol. The molecule has 0 bridgehead atoms. The van der Waals surface area contributed by atoms with Crippen molar-refractivity contribution >= 4 is 46.3 Å². The van der Waals surface area contributed by atoms with E-state index in [0.717, 1.165) is 11.1 Å². The maximum atomic E-state index is 11.8. The molecule has 120 valence electrons. The Hall–Kier alpha value is -2.92. The molecule has 24 heavy (non-hydrogen) atoms. The molecule has 1 aromatic heterocycles. The Morgan fingerprint density at radius 3 is 2.50 bits per heavy atom. The van der Waals surface area contributed by atoms with Crippen LogP contribution in [0.4, 0.5) is 5.69 Å². The van der Waals surface area contributed by atoms with Crippen LogP contribution in [-0.2, 0) is 0 Å². The lowest BCUT2D eigenvalue weighted by atomic mass is 10.1. The summed E-state index contributed by atoms with van der Waals surface area (Å²) in [6.45, 7) is 1.45. The average molecular weight is 341 g/mol. The smallest absolute Gasteiger partial charge is 0.270 e. The molecule has 5 nitrogen and oxygen atoms in total. The number of halogens is 1. The third-order valence-corrected chi connectivity index (χ3v) is 3.95. The first-order valence-corrected chi connectivity index (χ1v) is 7.57. The van der Waals surface area contributed by atoms with Gasteiger partial charge in [0.05, 0.1) is 10.4 Å². The molecule has 1 heterocycles. The summed E-state index contributed by atoms with van der Waals surface area (Å²) in [5.74, 6) is -0.153. The highest BCUT2D eigenvalue weighted by atomic mass is 35.5. The van der Waals surface area contributed by atoms with Crippen molar-refractivity contribution in [1.29, 1.82) is 0 Å². The Balaban J connectivity index is 2.11. The molecule has 0 saturated heterocycles. The van der Waals surface area contributed by atoms with Crippen molar-refractivity contribution < 1.29 is 9.72 Å². The van der Waals surface area contributed by atoms with Crippen molar-refractivity contribution in [2.45, 2.75) is 6.92 Å². The van der Waals surface area contributed by atoms with E-state index < -0.39 is 4.92 Å². The minimum atomic E-state index is -0.447. The summed E-state index contributed by atoms with van der Waals surface area (Å²) in [4.78, 5) is 22.4. The van der Waals surface area contributed by atoms with Crippen LogP contribution in [0.2, 0.25) is 5.02 Å². The number of carbonyl (C=O) groups excluding carboxylic acids is 1. The quantitative estimate of drug-likeness (QED) is 0.496. The standard InChI is InChI=1S/C18H13ClN2O3/c1-12(22)20-11-14(5-2-13-3-6-15(19)7-4-13)17-10-16(21(23)24)8-9-18(17)20/h2-11H,1H3/b5-2+. The van der Waals surface area contributed by atoms with E-state index in [9.17, 15) is 14.9 Å². The van der Waals surface area contributed by atoms with Crippen molar-refractivity contribution in [3.63, 3.8) is 0 Å². The number of hydrogen-bond donors (Lipinski definition) is 0. The fraction of sp³-hybridized carbons (Fsp3) is 0.0556. The molecule has 0 amide bonds. The summed E-state index contributed by atoms with van der Waals surface area (Å²) >= 11 is 5.86. The number of hydrogen-bond acceptors (Lipinski definition) is 3. The number of carbonyl (C=O) groups is 1. The third-order valence-electron chi connectivity index (χ3n) is 3.69. The zero-order valence-electron chi connectivity index (χ0n) is 12.8. The summed E-state index contributed by atoms with van der Waals surface area (Å²) in [6.07, 6.45) is 5.38. The average Bonchev–Trinajstić information content (AvgIpc) is 2.92. The zero-order valence-corrected chi connectivity index (χ0v) is 13.5. The first kappa shape index (κ1) is 16.0. The van der Waals surface area contributed by atoms with Gasteiger partial charge in [0.2, 0.25) is 5.91 Å². The number of fused-ring (bicyclic) bond motifs is 1. The number of rotatable bonds is 3. The normalized spacial score (nSPS) is 11.2. The van der Waals surface area contributed by atoms with Crippen LogP contribution in [-0.4, -0.2) is 15.4 Å². The van der Waals surface area contributed by atoms with Crippen molar-refractivity contribution in [1.82, 2.24) is 4.57 Å². The Kier molecular flexibility index (Phi) is 4.18. The van der Waals surface area contributed by atoms with E-state index in [2.05, 4.69) is 0 Å². The van der Waals surface area contributed by atoms with Gasteiger partial charge in [0, 0.05) is 41.2 Å². The van der Waals surface area contributed by atoms with Gasteiger partial charge >= 0.3 is 0 Å². The Morgan fingerprint density at radius 2 is 1.88 bits per heavy atom. The zero-order chi connectivity index (χ0) is 17.3. The molecule has 0 spiro atoms. The first-order chi connectivity index (χ1) is 11.5. The molecule has 0 radical (unpaired) electrons. The molecule has 0 aliphatic heterocycles. The van der Waals surface area contributed by atoms with Crippen LogP contribution in [0.5, 0.6) is 0 Å². The molecule has 0 unspecified atom stereocenters. The largest absolute Gasteiger partial charge is 0.287 e. The van der Waals surface area contributed by atoms with Crippen molar-refractivity contribution in [2.75, 3.05) is 0 Å². The van der Waals surface area contributed by atoms with Gasteiger partial charge in [-0.25, -0.2) is 0 Å². The summed E-state index contributed by atoms with van der Waals surface area (Å²) in [5.41, 5.74) is 2.31. The van der Waals surface area contributed by atoms with Crippen LogP contribution in [0, 0.1) is 10.1 Å². The number of benzene rings is 2. The van der Waals surface area contributed by atoms with Gasteiger partial charge in [0.1, 0.15) is 0 Å². The molecule has 0 aliphatic rings. The molecule has 6 heteroatoms. The van der Waals surface area contributed by atoms with Gasteiger partial charge in [-0.2, -0.15) is 0 Å². The molecule has 0 fully saturated rings. The SMILES string of the molecule is CC(=O)n1cc(/C=C/c2ccc(Cl)cc2)c2cc([N+](=O)[O-])ccc21. The van der Waals surface area contributed by atoms with Crippen LogP contribution in [0.25, 0.3) is 23.1 Å². The van der Waals surface area contributed by atoms with Crippen molar-refractivity contribution in [3.05, 3.63) is 74.9 Å². The molecule has 0 aliphatic carbocycles. The number of nitro groups is 1. The summed E-state index contributed by atoms with van der Waals surface area (Å²) in [6, 6.07) is 11.8. The number of nitro benzene ring substituents is 1. The maximum Gasteiger partial charge on any atom is 0.270 e. The van der Waals surface area contributed by atoms with Crippen molar-refractivity contribution in [3.8, 4) is 0 Å². The van der Waals surface area contributed by atoms with E-state index in [1.165, 1.54) is 23.6 Å². The minimum Gasteiger partial charge on any atom is -0.287 e. The van der Waals surface area contributed by atoms with Gasteiger partial charge in [0.25, 0.3) is 5.69 Å². The fourth-order valence-electron chi connectivity index (χ4n) is 2.51. The Morgan fingerprint density at radius 1 is 1.17 bits per heavy atom. The molecule has 2 aromatic carbocycles. The van der Waals surface area contributed by atoms with E-state index in [-0.39, 0.29) is 11.6 Å². The minimum absolute atomic E-state index is 0.00931. The highest BCUT2D eigenvalue weighted by molar-refractivity contribution is 6.30. The van der Waals surface area contributed by atoms with Crippen LogP contribution in [0.1, 0.15) is 22.8 Å². The first-order valence-electron chi connectivity index (χ1n) is 7.20. The van der Waals surface area contributed by atoms with Crippen molar-refractivity contribution in [2.24, 2.45) is 0 Å².